The number of carbonyl (C=O) groups is 1. The number of halogens is 3. The maximum absolute atomic E-state index is 14.3. The molecule has 4 heterocycles. The summed E-state index contributed by atoms with van der Waals surface area (Å²) in [6, 6.07) is 8.28. The number of ether oxygens (including phenoxy) is 1. The Labute approximate surface area is 215 Å². The average molecular weight is 534 g/mol. The van der Waals surface area contributed by atoms with Crippen molar-refractivity contribution in [2.24, 2.45) is 0 Å². The van der Waals surface area contributed by atoms with Crippen LogP contribution >= 0.6 is 0 Å². The number of aromatic nitrogens is 4. The maximum Gasteiger partial charge on any atom is 0.422 e. The summed E-state index contributed by atoms with van der Waals surface area (Å²) in [7, 11) is 0. The van der Waals surface area contributed by atoms with Gasteiger partial charge < -0.3 is 25.2 Å². The van der Waals surface area contributed by atoms with Crippen molar-refractivity contribution >= 4 is 23.1 Å². The number of nitrogens with one attached hydrogen (secondary N) is 1. The Balaban J connectivity index is 1.46. The molecule has 3 N–H and O–H groups in total. The fourth-order valence-corrected chi connectivity index (χ4v) is 4.79. The molecule has 3 atom stereocenters. The van der Waals surface area contributed by atoms with Crippen LogP contribution in [0.3, 0.4) is 0 Å². The van der Waals surface area contributed by atoms with Crippen molar-refractivity contribution in [1.29, 1.82) is 0 Å². The summed E-state index contributed by atoms with van der Waals surface area (Å²) >= 11 is 0. The van der Waals surface area contributed by atoms with Gasteiger partial charge in [-0.15, -0.1) is 10.2 Å². The minimum Gasteiger partial charge on any atom is -0.490 e. The normalized spacial score (nSPS) is 19.4. The number of rotatable bonds is 7. The summed E-state index contributed by atoms with van der Waals surface area (Å²) in [6.45, 7) is 1.45. The summed E-state index contributed by atoms with van der Waals surface area (Å²) in [6.07, 6.45) is -5.51. The predicted molar refractivity (Wildman–Crippen MR) is 130 cm³/mol. The summed E-state index contributed by atoms with van der Waals surface area (Å²) in [5, 5.41) is 30.0. The van der Waals surface area contributed by atoms with Crippen LogP contribution in [0.5, 0.6) is 5.75 Å². The standard InChI is InChI=1S/C24H26F3N7O4/c1-14(35)12-38-19-10-18(29-17-5-3-2-4-16(17)19)21-31-30-20-7-9-33(13-34(20)21)22(24(25,26)27)32-8-6-15(11-32)28-23(36)37/h2-5,7,9-10,14-15,22,28,35H,6,8,11-13H2,1H3,(H,36,37)/t14-,15+,22-/m1/s1. The largest absolute Gasteiger partial charge is 0.490 e. The smallest absolute Gasteiger partial charge is 0.422 e. The number of hydrogen-bond acceptors (Lipinski definition) is 8. The van der Waals surface area contributed by atoms with E-state index in [1.54, 1.807) is 25.1 Å². The van der Waals surface area contributed by atoms with Crippen molar-refractivity contribution in [2.45, 2.75) is 44.5 Å². The highest BCUT2D eigenvalue weighted by Crippen LogP contribution is 2.34. The van der Waals surface area contributed by atoms with Crippen molar-refractivity contribution in [3.05, 3.63) is 42.4 Å². The Morgan fingerprint density at radius 3 is 2.82 bits per heavy atom. The highest BCUT2D eigenvalue weighted by Gasteiger charge is 2.49. The number of aliphatic hydroxyl groups is 1. The number of fused-ring (bicyclic) bond motifs is 2. The van der Waals surface area contributed by atoms with Gasteiger partial charge in [0.1, 0.15) is 18.1 Å². The van der Waals surface area contributed by atoms with Gasteiger partial charge in [-0.05, 0) is 31.6 Å². The zero-order valence-corrected chi connectivity index (χ0v) is 20.3. The number of aliphatic hydroxyl groups excluding tert-OH is 1. The first-order valence-corrected chi connectivity index (χ1v) is 12.0. The minimum atomic E-state index is -4.61. The molecule has 0 aliphatic carbocycles. The summed E-state index contributed by atoms with van der Waals surface area (Å²) in [4.78, 5) is 18.0. The molecule has 2 aromatic heterocycles. The maximum atomic E-state index is 14.3. The van der Waals surface area contributed by atoms with Crippen molar-refractivity contribution in [3.8, 4) is 17.3 Å². The number of para-hydroxylation sites is 1. The van der Waals surface area contributed by atoms with Crippen molar-refractivity contribution in [2.75, 3.05) is 19.7 Å². The average Bonchev–Trinajstić information content (AvgIpc) is 3.48. The van der Waals surface area contributed by atoms with E-state index in [-0.39, 0.29) is 38.6 Å². The molecule has 0 spiro atoms. The number of carboxylic acid groups (broad SMARTS) is 1. The van der Waals surface area contributed by atoms with Crippen LogP contribution in [0.2, 0.25) is 0 Å². The highest BCUT2D eigenvalue weighted by atomic mass is 19.4. The Hall–Kier alpha value is -3.91. The molecule has 2 aliphatic heterocycles. The fourth-order valence-electron chi connectivity index (χ4n) is 4.79. The van der Waals surface area contributed by atoms with Gasteiger partial charge in [0, 0.05) is 36.8 Å². The SMILES string of the molecule is C[C@@H](O)COc1cc(-c2nnc3n2CN([C@@H](N2CC[C@H](NC(=O)O)C2)C(F)(F)F)C=C3)nc2ccccc12. The Morgan fingerprint density at radius 2 is 2.08 bits per heavy atom. The summed E-state index contributed by atoms with van der Waals surface area (Å²) < 4.78 is 50.3. The van der Waals surface area contributed by atoms with Gasteiger partial charge in [-0.2, -0.15) is 13.2 Å². The lowest BCUT2D eigenvalue weighted by Gasteiger charge is -2.39. The molecule has 38 heavy (non-hydrogen) atoms. The Morgan fingerprint density at radius 1 is 1.29 bits per heavy atom. The van der Waals surface area contributed by atoms with Gasteiger partial charge in [-0.25, -0.2) is 9.78 Å². The second-order valence-corrected chi connectivity index (χ2v) is 9.31. The number of pyridine rings is 1. The van der Waals surface area contributed by atoms with Crippen molar-refractivity contribution in [1.82, 2.24) is 34.9 Å². The number of nitrogens with zero attached hydrogens (tertiary/aromatic N) is 6. The van der Waals surface area contributed by atoms with Crippen LogP contribution < -0.4 is 10.1 Å². The van der Waals surface area contributed by atoms with Crippen LogP contribution in [-0.4, -0.2) is 90.0 Å². The van der Waals surface area contributed by atoms with Gasteiger partial charge in [0.15, 0.2) is 17.8 Å². The van der Waals surface area contributed by atoms with Crippen LogP contribution in [0.1, 0.15) is 19.2 Å². The number of alkyl halides is 3. The number of amides is 1. The summed E-state index contributed by atoms with van der Waals surface area (Å²) in [5.41, 5.74) is 0.946. The first kappa shape index (κ1) is 25.7. The third kappa shape index (κ3) is 5.22. The van der Waals surface area contributed by atoms with Crippen LogP contribution in [-0.2, 0) is 6.67 Å². The van der Waals surface area contributed by atoms with E-state index in [2.05, 4.69) is 20.5 Å². The molecular formula is C24H26F3N7O4. The van der Waals surface area contributed by atoms with Gasteiger partial charge in [0.2, 0.25) is 0 Å². The third-order valence-corrected chi connectivity index (χ3v) is 6.39. The van der Waals surface area contributed by atoms with E-state index in [1.165, 1.54) is 21.7 Å². The van der Waals surface area contributed by atoms with E-state index >= 15 is 0 Å². The first-order chi connectivity index (χ1) is 18.1. The second-order valence-electron chi connectivity index (χ2n) is 9.31. The topological polar surface area (TPSA) is 129 Å². The van der Waals surface area contributed by atoms with Gasteiger partial charge in [0.25, 0.3) is 0 Å². The van der Waals surface area contributed by atoms with Crippen LogP contribution in [0, 0.1) is 0 Å². The van der Waals surface area contributed by atoms with E-state index in [4.69, 9.17) is 9.84 Å². The lowest BCUT2D eigenvalue weighted by atomic mass is 10.1. The van der Waals surface area contributed by atoms with E-state index in [0.29, 0.717) is 28.2 Å². The molecule has 14 heteroatoms. The monoisotopic (exact) mass is 533 g/mol. The first-order valence-electron chi connectivity index (χ1n) is 12.0. The molecule has 1 fully saturated rings. The zero-order chi connectivity index (χ0) is 27.0. The number of likely N-dealkylation sites (tertiary alicyclic amines) is 1. The molecule has 3 aromatic rings. The molecule has 1 saturated heterocycles. The Kier molecular flexibility index (Phi) is 6.84. The quantitative estimate of drug-likeness (QED) is 0.420. The molecule has 0 bridgehead atoms. The van der Waals surface area contributed by atoms with Crippen molar-refractivity contribution in [3.63, 3.8) is 0 Å². The highest BCUT2D eigenvalue weighted by molar-refractivity contribution is 5.87. The van der Waals surface area contributed by atoms with Gasteiger partial charge in [0.05, 0.1) is 18.3 Å². The minimum absolute atomic E-state index is 0.0444. The second kappa shape index (κ2) is 10.1. The number of benzene rings is 1. The lowest BCUT2D eigenvalue weighted by molar-refractivity contribution is -0.219. The molecule has 2 aliphatic rings. The molecule has 0 radical (unpaired) electrons. The molecule has 11 nitrogen and oxygen atoms in total. The van der Waals surface area contributed by atoms with Crippen LogP contribution in [0.4, 0.5) is 18.0 Å². The molecule has 1 amide bonds. The molecular weight excluding hydrogens is 507 g/mol. The fraction of sp³-hybridized carbons (Fsp3) is 0.417. The Bertz CT molecular complexity index is 1360. The van der Waals surface area contributed by atoms with E-state index in [0.717, 1.165) is 4.90 Å². The third-order valence-electron chi connectivity index (χ3n) is 6.39. The predicted octanol–water partition coefficient (Wildman–Crippen LogP) is 2.73. The van der Waals surface area contributed by atoms with Gasteiger partial charge >= 0.3 is 12.3 Å². The van der Waals surface area contributed by atoms with Gasteiger partial charge in [-0.1, -0.05) is 12.1 Å². The van der Waals surface area contributed by atoms with Gasteiger partial charge in [-0.3, -0.25) is 9.47 Å². The molecule has 0 unspecified atom stereocenters. The lowest BCUT2D eigenvalue weighted by Crippen LogP contribution is -2.55. The van der Waals surface area contributed by atoms with Crippen molar-refractivity contribution < 1.29 is 32.9 Å². The zero-order valence-electron chi connectivity index (χ0n) is 20.3. The van der Waals surface area contributed by atoms with E-state index < -0.39 is 30.6 Å². The number of hydrogen-bond donors (Lipinski definition) is 3. The van der Waals surface area contributed by atoms with E-state index in [9.17, 15) is 23.1 Å². The molecule has 5 rings (SSSR count). The summed E-state index contributed by atoms with van der Waals surface area (Å²) in [5.74, 6) is 1.08. The van der Waals surface area contributed by atoms with Crippen LogP contribution in [0.15, 0.2) is 36.5 Å². The molecule has 0 saturated carbocycles. The molecule has 202 valence electrons. The molecule has 1 aromatic carbocycles. The van der Waals surface area contributed by atoms with E-state index in [1.807, 2.05) is 12.1 Å². The van der Waals surface area contributed by atoms with Crippen LogP contribution in [0.25, 0.3) is 28.5 Å².